The molecule has 2 N–H and O–H groups in total. The van der Waals surface area contributed by atoms with Crippen molar-refractivity contribution in [2.75, 3.05) is 7.11 Å². The molecule has 2 aromatic carbocycles. The van der Waals surface area contributed by atoms with E-state index >= 15 is 0 Å². The monoisotopic (exact) mass is 414 g/mol. The Bertz CT molecular complexity index is 1070. The molecule has 0 aliphatic heterocycles. The molecule has 3 aromatic rings. The third-order valence-electron chi connectivity index (χ3n) is 5.57. The van der Waals surface area contributed by atoms with Crippen LogP contribution in [-0.4, -0.2) is 24.1 Å². The van der Waals surface area contributed by atoms with Crippen molar-refractivity contribution in [1.29, 1.82) is 0 Å². The highest BCUT2D eigenvalue weighted by atomic mass is 16.5. The number of hydrogen-bond donors (Lipinski definition) is 1. The molecule has 1 fully saturated rings. The summed E-state index contributed by atoms with van der Waals surface area (Å²) in [5.74, 6) is 1.03. The Labute approximate surface area is 182 Å². The summed E-state index contributed by atoms with van der Waals surface area (Å²) >= 11 is 0. The number of carbonyl (C=O) groups is 1. The minimum atomic E-state index is -0.442. The topological polar surface area (TPSA) is 74.4 Å². The Morgan fingerprint density at radius 1 is 0.935 bits per heavy atom. The molecule has 0 atom stereocenters. The lowest BCUT2D eigenvalue weighted by Gasteiger charge is -2.18. The first-order valence-corrected chi connectivity index (χ1v) is 10.5. The molecule has 5 nitrogen and oxygen atoms in total. The number of pyridine rings is 1. The van der Waals surface area contributed by atoms with E-state index in [-0.39, 0.29) is 6.10 Å². The van der Waals surface area contributed by atoms with Gasteiger partial charge in [0.1, 0.15) is 0 Å². The third-order valence-corrected chi connectivity index (χ3v) is 5.57. The van der Waals surface area contributed by atoms with Gasteiger partial charge in [-0.25, -0.2) is 0 Å². The molecule has 0 unspecified atom stereocenters. The molecular formula is C26H26N2O3. The number of hydrogen-bond acceptors (Lipinski definition) is 4. The van der Waals surface area contributed by atoms with E-state index in [0.717, 1.165) is 46.6 Å². The molecule has 1 aromatic heterocycles. The van der Waals surface area contributed by atoms with Crippen LogP contribution in [0.25, 0.3) is 11.6 Å². The Balaban J connectivity index is 1.77. The van der Waals surface area contributed by atoms with Crippen LogP contribution in [0.5, 0.6) is 11.5 Å². The Kier molecular flexibility index (Phi) is 6.32. The van der Waals surface area contributed by atoms with Gasteiger partial charge in [-0.3, -0.25) is 9.78 Å². The molecule has 1 aliphatic carbocycles. The highest BCUT2D eigenvalue weighted by Crippen LogP contribution is 2.36. The number of primary amides is 1. The van der Waals surface area contributed by atoms with Crippen LogP contribution in [-0.2, 0) is 0 Å². The zero-order valence-electron chi connectivity index (χ0n) is 17.6. The Hall–Kier alpha value is -3.60. The lowest BCUT2D eigenvalue weighted by Crippen LogP contribution is -2.12. The van der Waals surface area contributed by atoms with Crippen LogP contribution in [0.4, 0.5) is 0 Å². The fourth-order valence-electron chi connectivity index (χ4n) is 3.90. The highest BCUT2D eigenvalue weighted by Gasteiger charge is 2.19. The summed E-state index contributed by atoms with van der Waals surface area (Å²) in [6.45, 7) is 0. The van der Waals surface area contributed by atoms with Crippen molar-refractivity contribution < 1.29 is 14.3 Å². The summed E-state index contributed by atoms with van der Waals surface area (Å²) in [6, 6.07) is 17.2. The van der Waals surface area contributed by atoms with Gasteiger partial charge in [-0.05, 0) is 90.4 Å². The van der Waals surface area contributed by atoms with E-state index in [0.29, 0.717) is 5.56 Å². The number of benzene rings is 2. The van der Waals surface area contributed by atoms with Gasteiger partial charge < -0.3 is 15.2 Å². The van der Waals surface area contributed by atoms with E-state index in [2.05, 4.69) is 11.1 Å². The van der Waals surface area contributed by atoms with Crippen LogP contribution >= 0.6 is 0 Å². The first-order chi connectivity index (χ1) is 15.1. The number of nitrogens with zero attached hydrogens (tertiary/aromatic N) is 1. The second-order valence-corrected chi connectivity index (χ2v) is 7.67. The summed E-state index contributed by atoms with van der Waals surface area (Å²) < 4.78 is 11.9. The van der Waals surface area contributed by atoms with Crippen molar-refractivity contribution in [3.05, 3.63) is 89.2 Å². The fraction of sp³-hybridized carbons (Fsp3) is 0.231. The largest absolute Gasteiger partial charge is 0.493 e. The summed E-state index contributed by atoms with van der Waals surface area (Å²) in [4.78, 5) is 15.6. The third kappa shape index (κ3) is 4.94. The predicted octanol–water partition coefficient (Wildman–Crippen LogP) is 5.10. The van der Waals surface area contributed by atoms with Gasteiger partial charge in [0, 0.05) is 18.0 Å². The van der Waals surface area contributed by atoms with Crippen LogP contribution in [0.3, 0.4) is 0 Å². The molecule has 0 spiro atoms. The van der Waals surface area contributed by atoms with Crippen LogP contribution in [0, 0.1) is 0 Å². The minimum absolute atomic E-state index is 0.228. The molecule has 0 bridgehead atoms. The number of nitrogens with two attached hydrogens (primary N) is 1. The van der Waals surface area contributed by atoms with Gasteiger partial charge in [0.15, 0.2) is 11.5 Å². The van der Waals surface area contributed by atoms with E-state index in [1.54, 1.807) is 31.6 Å². The van der Waals surface area contributed by atoms with Gasteiger partial charge in [0.25, 0.3) is 0 Å². The van der Waals surface area contributed by atoms with Crippen molar-refractivity contribution in [2.45, 2.75) is 31.8 Å². The molecule has 5 heteroatoms. The fourth-order valence-corrected chi connectivity index (χ4v) is 3.90. The van der Waals surface area contributed by atoms with E-state index < -0.39 is 5.91 Å². The zero-order chi connectivity index (χ0) is 21.6. The maximum absolute atomic E-state index is 11.5. The number of methoxy groups -OCH3 is 1. The second kappa shape index (κ2) is 9.47. The van der Waals surface area contributed by atoms with E-state index in [1.807, 2.05) is 42.5 Å². The van der Waals surface area contributed by atoms with Crippen LogP contribution in [0.15, 0.2) is 67.0 Å². The van der Waals surface area contributed by atoms with E-state index in [9.17, 15) is 4.79 Å². The maximum atomic E-state index is 11.5. The summed E-state index contributed by atoms with van der Waals surface area (Å²) in [7, 11) is 1.66. The summed E-state index contributed by atoms with van der Waals surface area (Å²) in [6.07, 6.45) is 10.4. The lowest BCUT2D eigenvalue weighted by atomic mass is 9.94. The lowest BCUT2D eigenvalue weighted by molar-refractivity contribution is 0.100. The molecule has 158 valence electrons. The number of rotatable bonds is 7. The molecule has 0 saturated heterocycles. The van der Waals surface area contributed by atoms with Crippen LogP contribution < -0.4 is 15.2 Å². The molecule has 1 aliphatic rings. The molecule has 1 amide bonds. The normalized spacial score (nSPS) is 14.4. The first kappa shape index (κ1) is 20.7. The van der Waals surface area contributed by atoms with Crippen molar-refractivity contribution >= 4 is 17.6 Å². The molecule has 31 heavy (non-hydrogen) atoms. The number of aromatic nitrogens is 1. The van der Waals surface area contributed by atoms with Crippen molar-refractivity contribution in [3.8, 4) is 11.5 Å². The van der Waals surface area contributed by atoms with Gasteiger partial charge in [-0.2, -0.15) is 0 Å². The highest BCUT2D eigenvalue weighted by molar-refractivity contribution is 5.95. The smallest absolute Gasteiger partial charge is 0.248 e. The van der Waals surface area contributed by atoms with Gasteiger partial charge in [0.05, 0.1) is 13.2 Å². The van der Waals surface area contributed by atoms with Crippen molar-refractivity contribution in [2.24, 2.45) is 5.73 Å². The number of carbonyl (C=O) groups excluding carboxylic acids is 1. The quantitative estimate of drug-likeness (QED) is 0.584. The van der Waals surface area contributed by atoms with E-state index in [4.69, 9.17) is 15.2 Å². The molecule has 1 saturated carbocycles. The maximum Gasteiger partial charge on any atom is 0.248 e. The van der Waals surface area contributed by atoms with Crippen molar-refractivity contribution in [3.63, 3.8) is 0 Å². The standard InChI is InChI=1S/C26H26N2O3/c1-30-24-11-10-21(17-25(24)31-22-4-2-3-5-22)23(16-18-12-14-28-15-13-18)19-6-8-20(9-7-19)26(27)29/h6-17,22H,2-5H2,1H3,(H2,27,29). The summed E-state index contributed by atoms with van der Waals surface area (Å²) in [5, 5.41) is 0. The number of ether oxygens (including phenoxy) is 2. The molecule has 1 heterocycles. The first-order valence-electron chi connectivity index (χ1n) is 10.5. The van der Waals surface area contributed by atoms with Gasteiger partial charge in [0.2, 0.25) is 5.91 Å². The molecular weight excluding hydrogens is 388 g/mol. The predicted molar refractivity (Wildman–Crippen MR) is 122 cm³/mol. The van der Waals surface area contributed by atoms with Gasteiger partial charge in [-0.1, -0.05) is 18.2 Å². The molecule has 4 rings (SSSR count). The second-order valence-electron chi connectivity index (χ2n) is 7.67. The van der Waals surface area contributed by atoms with Crippen LogP contribution in [0.2, 0.25) is 0 Å². The minimum Gasteiger partial charge on any atom is -0.493 e. The summed E-state index contributed by atoms with van der Waals surface area (Å²) in [5.41, 5.74) is 9.89. The average molecular weight is 415 g/mol. The number of amides is 1. The zero-order valence-corrected chi connectivity index (χ0v) is 17.6. The van der Waals surface area contributed by atoms with Crippen LogP contribution in [0.1, 0.15) is 52.7 Å². The van der Waals surface area contributed by atoms with E-state index in [1.165, 1.54) is 12.8 Å². The Morgan fingerprint density at radius 3 is 2.23 bits per heavy atom. The average Bonchev–Trinajstić information content (AvgIpc) is 3.31. The molecule has 0 radical (unpaired) electrons. The van der Waals surface area contributed by atoms with Crippen molar-refractivity contribution in [1.82, 2.24) is 4.98 Å². The van der Waals surface area contributed by atoms with Gasteiger partial charge >= 0.3 is 0 Å². The Morgan fingerprint density at radius 2 is 1.58 bits per heavy atom. The van der Waals surface area contributed by atoms with Gasteiger partial charge in [-0.15, -0.1) is 0 Å². The SMILES string of the molecule is COc1ccc(C(=Cc2ccncc2)c2ccc(C(N)=O)cc2)cc1OC1CCCC1.